The summed E-state index contributed by atoms with van der Waals surface area (Å²) in [7, 11) is 1.74. The fraction of sp³-hybridized carbons (Fsp3) is 0.435. The molecule has 0 amide bonds. The number of piperidine rings is 1. The van der Waals surface area contributed by atoms with E-state index in [1.165, 1.54) is 0 Å². The highest BCUT2D eigenvalue weighted by Crippen LogP contribution is 2.41. The van der Waals surface area contributed by atoms with Gasteiger partial charge in [-0.1, -0.05) is 0 Å². The lowest BCUT2D eigenvalue weighted by molar-refractivity contribution is 0.0973. The Morgan fingerprint density at radius 2 is 2.12 bits per heavy atom. The molecular formula is C23H25N9O2. The SMILES string of the molecule is C[C@@H]1OCC2(CCN(c3nc4[nH]nc(C#Cc5cnc6cccnn56)c4c(=O)n3C)CC2)[C@@H]1N. The molecule has 2 atom stereocenters. The molecule has 0 aliphatic carbocycles. The average molecular weight is 460 g/mol. The summed E-state index contributed by atoms with van der Waals surface area (Å²) in [6, 6.07) is 3.69. The molecule has 11 nitrogen and oxygen atoms in total. The fourth-order valence-corrected chi connectivity index (χ4v) is 5.09. The number of ether oxygens (including phenoxy) is 1. The van der Waals surface area contributed by atoms with Crippen molar-refractivity contribution in [1.29, 1.82) is 0 Å². The first-order valence-corrected chi connectivity index (χ1v) is 11.3. The van der Waals surface area contributed by atoms with Gasteiger partial charge in [0.15, 0.2) is 17.0 Å². The maximum atomic E-state index is 13.3. The van der Waals surface area contributed by atoms with Crippen molar-refractivity contribution in [2.45, 2.75) is 31.9 Å². The van der Waals surface area contributed by atoms with Gasteiger partial charge in [-0.2, -0.15) is 15.2 Å². The lowest BCUT2D eigenvalue weighted by atomic mass is 9.73. The van der Waals surface area contributed by atoms with E-state index in [1.807, 2.05) is 19.1 Å². The van der Waals surface area contributed by atoms with Crippen LogP contribution in [0.5, 0.6) is 0 Å². The molecule has 1 spiro atoms. The van der Waals surface area contributed by atoms with E-state index in [4.69, 9.17) is 15.5 Å². The zero-order valence-corrected chi connectivity index (χ0v) is 19.0. The molecule has 6 heterocycles. The minimum Gasteiger partial charge on any atom is -0.376 e. The Morgan fingerprint density at radius 1 is 1.29 bits per heavy atom. The Morgan fingerprint density at radius 3 is 2.88 bits per heavy atom. The highest BCUT2D eigenvalue weighted by atomic mass is 16.5. The van der Waals surface area contributed by atoms with Gasteiger partial charge in [0.2, 0.25) is 5.95 Å². The van der Waals surface area contributed by atoms with Crippen LogP contribution in [0.25, 0.3) is 16.7 Å². The molecule has 0 radical (unpaired) electrons. The molecule has 0 saturated carbocycles. The second-order valence-corrected chi connectivity index (χ2v) is 9.15. The van der Waals surface area contributed by atoms with E-state index in [9.17, 15) is 4.79 Å². The minimum absolute atomic E-state index is 0.00231. The molecule has 3 N–H and O–H groups in total. The number of aromatic nitrogens is 7. The zero-order valence-electron chi connectivity index (χ0n) is 19.0. The third-order valence-corrected chi connectivity index (χ3v) is 7.25. The van der Waals surface area contributed by atoms with E-state index >= 15 is 0 Å². The molecule has 34 heavy (non-hydrogen) atoms. The third kappa shape index (κ3) is 3.10. The van der Waals surface area contributed by atoms with E-state index in [1.54, 1.807) is 28.5 Å². The summed E-state index contributed by atoms with van der Waals surface area (Å²) in [5.74, 6) is 6.61. The number of nitrogens with zero attached hydrogens (tertiary/aromatic N) is 7. The lowest BCUT2D eigenvalue weighted by Crippen LogP contribution is -2.51. The molecular weight excluding hydrogens is 434 g/mol. The first-order chi connectivity index (χ1) is 16.5. The number of hydrogen-bond donors (Lipinski definition) is 2. The summed E-state index contributed by atoms with van der Waals surface area (Å²) in [4.78, 5) is 24.4. The van der Waals surface area contributed by atoms with E-state index < -0.39 is 0 Å². The molecule has 0 aromatic carbocycles. The Kier molecular flexibility index (Phi) is 4.68. The fourth-order valence-electron chi connectivity index (χ4n) is 5.09. The van der Waals surface area contributed by atoms with Gasteiger partial charge in [-0.25, -0.2) is 9.50 Å². The van der Waals surface area contributed by atoms with Crippen LogP contribution in [0.4, 0.5) is 5.95 Å². The van der Waals surface area contributed by atoms with Crippen molar-refractivity contribution in [3.63, 3.8) is 0 Å². The Balaban J connectivity index is 1.31. The van der Waals surface area contributed by atoms with Gasteiger partial charge in [0.25, 0.3) is 5.56 Å². The van der Waals surface area contributed by atoms with Crippen LogP contribution < -0.4 is 16.2 Å². The van der Waals surface area contributed by atoms with Gasteiger partial charge in [0.05, 0.1) is 18.9 Å². The first-order valence-electron chi connectivity index (χ1n) is 11.3. The molecule has 2 aliphatic heterocycles. The number of nitrogens with two attached hydrogens (primary N) is 1. The van der Waals surface area contributed by atoms with Crippen LogP contribution in [0.15, 0.2) is 29.3 Å². The molecule has 2 fully saturated rings. The molecule has 0 unspecified atom stereocenters. The summed E-state index contributed by atoms with van der Waals surface area (Å²) < 4.78 is 9.04. The molecule has 174 valence electrons. The van der Waals surface area contributed by atoms with Crippen LogP contribution in [0.1, 0.15) is 31.2 Å². The first kappa shape index (κ1) is 20.8. The third-order valence-electron chi connectivity index (χ3n) is 7.25. The number of fused-ring (bicyclic) bond motifs is 2. The van der Waals surface area contributed by atoms with E-state index in [-0.39, 0.29) is 23.1 Å². The maximum Gasteiger partial charge on any atom is 0.267 e. The normalized spacial score (nSPS) is 21.9. The predicted octanol–water partition coefficient (Wildman–Crippen LogP) is 0.432. The van der Waals surface area contributed by atoms with Crippen molar-refractivity contribution in [2.75, 3.05) is 24.6 Å². The van der Waals surface area contributed by atoms with Crippen LogP contribution in [-0.2, 0) is 11.8 Å². The summed E-state index contributed by atoms with van der Waals surface area (Å²) in [6.45, 7) is 4.25. The second-order valence-electron chi connectivity index (χ2n) is 9.15. The number of aromatic amines is 1. The van der Waals surface area contributed by atoms with Gasteiger partial charge in [-0.15, -0.1) is 0 Å². The molecule has 6 rings (SSSR count). The van der Waals surface area contributed by atoms with Crippen LogP contribution in [0, 0.1) is 17.3 Å². The number of H-pyrrole nitrogens is 1. The topological polar surface area (TPSA) is 132 Å². The van der Waals surface area contributed by atoms with E-state index in [0.717, 1.165) is 25.9 Å². The van der Waals surface area contributed by atoms with Gasteiger partial charge in [-0.05, 0) is 43.7 Å². The van der Waals surface area contributed by atoms with Gasteiger partial charge in [-0.3, -0.25) is 14.5 Å². The molecule has 2 aliphatic rings. The van der Waals surface area contributed by atoms with Crippen molar-refractivity contribution in [3.05, 3.63) is 46.3 Å². The van der Waals surface area contributed by atoms with Gasteiger partial charge in [0, 0.05) is 37.8 Å². The predicted molar refractivity (Wildman–Crippen MR) is 125 cm³/mol. The lowest BCUT2D eigenvalue weighted by Gasteiger charge is -2.41. The van der Waals surface area contributed by atoms with Crippen molar-refractivity contribution in [1.82, 2.24) is 34.3 Å². The van der Waals surface area contributed by atoms with Crippen LogP contribution in [-0.4, -0.2) is 66.2 Å². The van der Waals surface area contributed by atoms with Gasteiger partial charge < -0.3 is 15.4 Å². The quantitative estimate of drug-likeness (QED) is 0.392. The average Bonchev–Trinajstić information content (AvgIpc) is 3.54. The van der Waals surface area contributed by atoms with E-state index in [0.29, 0.717) is 40.6 Å². The Bertz CT molecular complexity index is 1510. The highest BCUT2D eigenvalue weighted by Gasteiger charge is 2.47. The van der Waals surface area contributed by atoms with Crippen LogP contribution >= 0.6 is 0 Å². The zero-order chi connectivity index (χ0) is 23.4. The standard InChI is InChI=1S/C23H25N9O2/c1-14-19(24)23(13-34-14)7-10-31(11-8-23)22-27-20-18(21(33)30(22)2)16(28-29-20)6-5-15-12-25-17-4-3-9-26-32(15)17/h3-4,9,12,14,19H,7-8,10-11,13,24H2,1-2H3,(H,28,29)/t14-,19+/m0/s1. The van der Waals surface area contributed by atoms with Crippen LogP contribution in [0.3, 0.4) is 0 Å². The molecule has 2 saturated heterocycles. The van der Waals surface area contributed by atoms with Crippen LogP contribution in [0.2, 0.25) is 0 Å². The second kappa shape index (κ2) is 7.65. The number of imidazole rings is 1. The van der Waals surface area contributed by atoms with Crippen molar-refractivity contribution in [3.8, 4) is 11.8 Å². The monoisotopic (exact) mass is 459 g/mol. The molecule has 11 heteroatoms. The largest absolute Gasteiger partial charge is 0.376 e. The molecule has 4 aromatic rings. The number of rotatable bonds is 1. The number of nitrogens with one attached hydrogen (secondary N) is 1. The molecule has 4 aromatic heterocycles. The highest BCUT2D eigenvalue weighted by molar-refractivity contribution is 5.81. The number of hydrogen-bond acceptors (Lipinski definition) is 8. The summed E-state index contributed by atoms with van der Waals surface area (Å²) in [6.07, 6.45) is 5.19. The Labute approximate surface area is 194 Å². The van der Waals surface area contributed by atoms with Crippen molar-refractivity contribution >= 4 is 22.6 Å². The summed E-state index contributed by atoms with van der Waals surface area (Å²) in [5.41, 5.74) is 8.34. The van der Waals surface area contributed by atoms with Crippen molar-refractivity contribution < 1.29 is 4.74 Å². The van der Waals surface area contributed by atoms with Gasteiger partial charge in [0.1, 0.15) is 11.1 Å². The smallest absolute Gasteiger partial charge is 0.267 e. The summed E-state index contributed by atoms with van der Waals surface area (Å²) >= 11 is 0. The molecule has 0 bridgehead atoms. The maximum absolute atomic E-state index is 13.3. The van der Waals surface area contributed by atoms with Crippen molar-refractivity contribution in [2.24, 2.45) is 18.2 Å². The van der Waals surface area contributed by atoms with Gasteiger partial charge >= 0.3 is 0 Å². The van der Waals surface area contributed by atoms with E-state index in [2.05, 4.69) is 37.0 Å². The summed E-state index contributed by atoms with van der Waals surface area (Å²) in [5, 5.41) is 11.8. The minimum atomic E-state index is -0.191. The Hall–Kier alpha value is -3.75. The number of anilines is 1.